The Labute approximate surface area is 119 Å². The first-order valence-corrected chi connectivity index (χ1v) is 6.24. The summed E-state index contributed by atoms with van der Waals surface area (Å²) in [5, 5.41) is 4.35. The van der Waals surface area contributed by atoms with Crippen molar-refractivity contribution >= 4 is 17.3 Å². The Morgan fingerprint density at radius 3 is 2.75 bits per heavy atom. The Kier molecular flexibility index (Phi) is 3.12. The van der Waals surface area contributed by atoms with Crippen molar-refractivity contribution in [2.24, 2.45) is 0 Å². The number of anilines is 1. The third kappa shape index (κ3) is 2.23. The molecule has 2 aromatic heterocycles. The lowest BCUT2D eigenvalue weighted by atomic mass is 10.1. The van der Waals surface area contributed by atoms with E-state index in [4.69, 9.17) is 17.3 Å². The molecular weight excluding hydrogens is 279 g/mol. The van der Waals surface area contributed by atoms with Crippen molar-refractivity contribution in [1.29, 1.82) is 0 Å². The molecule has 0 unspecified atom stereocenters. The van der Waals surface area contributed by atoms with Crippen LogP contribution >= 0.6 is 11.6 Å². The Morgan fingerprint density at radius 2 is 2.00 bits per heavy atom. The third-order valence-corrected chi connectivity index (χ3v) is 3.07. The summed E-state index contributed by atoms with van der Waals surface area (Å²) in [6, 6.07) is 8.60. The van der Waals surface area contributed by atoms with Gasteiger partial charge in [-0.2, -0.15) is 5.10 Å². The van der Waals surface area contributed by atoms with Gasteiger partial charge in [-0.1, -0.05) is 29.8 Å². The maximum absolute atomic E-state index is 13.8. The third-order valence-electron chi connectivity index (χ3n) is 2.86. The Hall–Kier alpha value is -2.40. The summed E-state index contributed by atoms with van der Waals surface area (Å²) in [4.78, 5) is 3.94. The first-order chi connectivity index (χ1) is 9.65. The maximum Gasteiger partial charge on any atom is 0.189 e. The second kappa shape index (κ2) is 4.94. The molecule has 2 heterocycles. The molecule has 6 heteroatoms. The number of para-hydroxylation sites is 1. The summed E-state index contributed by atoms with van der Waals surface area (Å²) in [5.74, 6) is -0.441. The Bertz CT molecular complexity index is 769. The standard InChI is InChI=1S/C14H10ClFN4/c15-10-5-12(16)14(18-7-10)20-8-9(6-19-20)11-3-1-2-4-13(11)17/h1-8H,17H2. The lowest BCUT2D eigenvalue weighted by Gasteiger charge is -2.03. The van der Waals surface area contributed by atoms with Crippen LogP contribution in [-0.2, 0) is 0 Å². The highest BCUT2D eigenvalue weighted by molar-refractivity contribution is 6.30. The zero-order valence-electron chi connectivity index (χ0n) is 10.3. The van der Waals surface area contributed by atoms with Crippen LogP contribution < -0.4 is 5.73 Å². The number of rotatable bonds is 2. The zero-order valence-corrected chi connectivity index (χ0v) is 11.0. The number of aromatic nitrogens is 3. The molecule has 100 valence electrons. The molecule has 0 aliphatic rings. The highest BCUT2D eigenvalue weighted by Gasteiger charge is 2.10. The summed E-state index contributed by atoms with van der Waals surface area (Å²) in [5.41, 5.74) is 8.17. The molecule has 0 fully saturated rings. The van der Waals surface area contributed by atoms with E-state index in [-0.39, 0.29) is 10.8 Å². The van der Waals surface area contributed by atoms with E-state index in [9.17, 15) is 4.39 Å². The molecule has 1 aromatic carbocycles. The first-order valence-electron chi connectivity index (χ1n) is 5.86. The Balaban J connectivity index is 2.04. The summed E-state index contributed by atoms with van der Waals surface area (Å²) in [6.45, 7) is 0. The van der Waals surface area contributed by atoms with Gasteiger partial charge in [-0.15, -0.1) is 0 Å². The molecule has 2 N–H and O–H groups in total. The fraction of sp³-hybridized carbons (Fsp3) is 0. The van der Waals surface area contributed by atoms with Crippen LogP contribution in [0.15, 0.2) is 48.9 Å². The normalized spacial score (nSPS) is 10.7. The van der Waals surface area contributed by atoms with Crippen LogP contribution in [0.3, 0.4) is 0 Å². The van der Waals surface area contributed by atoms with Crippen LogP contribution in [-0.4, -0.2) is 14.8 Å². The quantitative estimate of drug-likeness (QED) is 0.736. The van der Waals surface area contributed by atoms with Crippen molar-refractivity contribution < 1.29 is 4.39 Å². The average molecular weight is 289 g/mol. The van der Waals surface area contributed by atoms with Gasteiger partial charge in [-0.25, -0.2) is 14.1 Å². The summed E-state index contributed by atoms with van der Waals surface area (Å²) in [7, 11) is 0. The molecule has 0 aliphatic heterocycles. The van der Waals surface area contributed by atoms with Gasteiger partial charge in [-0.3, -0.25) is 0 Å². The topological polar surface area (TPSA) is 56.7 Å². The average Bonchev–Trinajstić information content (AvgIpc) is 2.88. The van der Waals surface area contributed by atoms with Gasteiger partial charge in [0, 0.05) is 29.2 Å². The minimum atomic E-state index is -0.534. The molecule has 0 amide bonds. The molecule has 0 saturated heterocycles. The van der Waals surface area contributed by atoms with Gasteiger partial charge in [0.25, 0.3) is 0 Å². The minimum Gasteiger partial charge on any atom is -0.398 e. The van der Waals surface area contributed by atoms with E-state index >= 15 is 0 Å². The molecule has 0 aliphatic carbocycles. The number of pyridine rings is 1. The highest BCUT2D eigenvalue weighted by Crippen LogP contribution is 2.26. The van der Waals surface area contributed by atoms with E-state index < -0.39 is 5.82 Å². The number of nitrogens with two attached hydrogens (primary N) is 1. The summed E-state index contributed by atoms with van der Waals surface area (Å²) >= 11 is 5.68. The van der Waals surface area contributed by atoms with Gasteiger partial charge >= 0.3 is 0 Å². The first kappa shape index (κ1) is 12.6. The van der Waals surface area contributed by atoms with Gasteiger partial charge in [0.15, 0.2) is 11.6 Å². The van der Waals surface area contributed by atoms with Crippen molar-refractivity contribution in [3.63, 3.8) is 0 Å². The SMILES string of the molecule is Nc1ccccc1-c1cnn(-c2ncc(Cl)cc2F)c1. The molecule has 0 radical (unpaired) electrons. The number of halogens is 2. The summed E-state index contributed by atoms with van der Waals surface area (Å²) in [6.07, 6.45) is 4.66. The van der Waals surface area contributed by atoms with Gasteiger partial charge in [0.2, 0.25) is 0 Å². The molecule has 3 aromatic rings. The van der Waals surface area contributed by atoms with Crippen molar-refractivity contribution in [3.8, 4) is 16.9 Å². The fourth-order valence-electron chi connectivity index (χ4n) is 1.91. The van der Waals surface area contributed by atoms with Crippen LogP contribution in [0.1, 0.15) is 0 Å². The van der Waals surface area contributed by atoms with E-state index in [1.54, 1.807) is 18.5 Å². The van der Waals surface area contributed by atoms with E-state index in [1.165, 1.54) is 16.9 Å². The van der Waals surface area contributed by atoms with Gasteiger partial charge in [-0.05, 0) is 12.1 Å². The van der Waals surface area contributed by atoms with Crippen molar-refractivity contribution in [3.05, 3.63) is 59.8 Å². The molecule has 0 spiro atoms. The van der Waals surface area contributed by atoms with Gasteiger partial charge in [0.1, 0.15) is 0 Å². The predicted molar refractivity (Wildman–Crippen MR) is 76.2 cm³/mol. The Morgan fingerprint density at radius 1 is 1.20 bits per heavy atom. The lowest BCUT2D eigenvalue weighted by Crippen LogP contribution is -2.01. The number of hydrogen-bond donors (Lipinski definition) is 1. The van der Waals surface area contributed by atoms with Crippen LogP contribution in [0.5, 0.6) is 0 Å². The van der Waals surface area contributed by atoms with Crippen LogP contribution in [0.2, 0.25) is 5.02 Å². The number of hydrogen-bond acceptors (Lipinski definition) is 3. The van der Waals surface area contributed by atoms with Gasteiger partial charge < -0.3 is 5.73 Å². The highest BCUT2D eigenvalue weighted by atomic mass is 35.5. The largest absolute Gasteiger partial charge is 0.398 e. The van der Waals surface area contributed by atoms with Crippen LogP contribution in [0.25, 0.3) is 16.9 Å². The molecule has 0 saturated carbocycles. The van der Waals surface area contributed by atoms with Gasteiger partial charge in [0.05, 0.1) is 11.2 Å². The van der Waals surface area contributed by atoms with E-state index in [2.05, 4.69) is 10.1 Å². The molecule has 0 bridgehead atoms. The number of nitrogens with zero attached hydrogens (tertiary/aromatic N) is 3. The van der Waals surface area contributed by atoms with Crippen LogP contribution in [0.4, 0.5) is 10.1 Å². The number of nitrogen functional groups attached to an aromatic ring is 1. The predicted octanol–water partition coefficient (Wildman–Crippen LogP) is 3.31. The van der Waals surface area contributed by atoms with E-state index in [0.29, 0.717) is 5.69 Å². The van der Waals surface area contributed by atoms with E-state index in [0.717, 1.165) is 11.1 Å². The fourth-order valence-corrected chi connectivity index (χ4v) is 2.06. The lowest BCUT2D eigenvalue weighted by molar-refractivity contribution is 0.601. The molecule has 0 atom stereocenters. The minimum absolute atomic E-state index is 0.0927. The molecule has 20 heavy (non-hydrogen) atoms. The van der Waals surface area contributed by atoms with Crippen LogP contribution in [0, 0.1) is 5.82 Å². The zero-order chi connectivity index (χ0) is 14.1. The van der Waals surface area contributed by atoms with E-state index in [1.807, 2.05) is 18.2 Å². The molecule has 3 rings (SSSR count). The smallest absolute Gasteiger partial charge is 0.189 e. The number of benzene rings is 1. The van der Waals surface area contributed by atoms with Crippen molar-refractivity contribution in [2.45, 2.75) is 0 Å². The molecule has 4 nitrogen and oxygen atoms in total. The van der Waals surface area contributed by atoms with Crippen molar-refractivity contribution in [1.82, 2.24) is 14.8 Å². The second-order valence-electron chi connectivity index (χ2n) is 4.22. The monoisotopic (exact) mass is 288 g/mol. The summed E-state index contributed by atoms with van der Waals surface area (Å²) < 4.78 is 15.1. The molecular formula is C14H10ClFN4. The van der Waals surface area contributed by atoms with Crippen molar-refractivity contribution in [2.75, 3.05) is 5.73 Å². The maximum atomic E-state index is 13.8. The second-order valence-corrected chi connectivity index (χ2v) is 4.66.